The van der Waals surface area contributed by atoms with Crippen LogP contribution in [0.1, 0.15) is 12.0 Å². The van der Waals surface area contributed by atoms with Crippen molar-refractivity contribution in [3.05, 3.63) is 84.4 Å². The molecule has 0 heterocycles. The van der Waals surface area contributed by atoms with E-state index in [-0.39, 0.29) is 23.8 Å². The number of anilines is 1. The van der Waals surface area contributed by atoms with E-state index in [1.54, 1.807) is 36.4 Å². The maximum absolute atomic E-state index is 12.2. The van der Waals surface area contributed by atoms with Gasteiger partial charge in [0.15, 0.2) is 0 Å². The predicted octanol–water partition coefficient (Wildman–Crippen LogP) is 4.72. The first-order valence-electron chi connectivity index (χ1n) is 9.35. The molecule has 0 radical (unpaired) electrons. The van der Waals surface area contributed by atoms with Gasteiger partial charge >= 0.3 is 0 Å². The molecule has 3 aromatic rings. The molecule has 0 spiro atoms. The van der Waals surface area contributed by atoms with Crippen LogP contribution in [-0.4, -0.2) is 20.9 Å². The van der Waals surface area contributed by atoms with Gasteiger partial charge in [-0.3, -0.25) is 4.79 Å². The van der Waals surface area contributed by atoms with Crippen LogP contribution in [0.2, 0.25) is 0 Å². The highest BCUT2D eigenvalue weighted by Gasteiger charge is 2.13. The van der Waals surface area contributed by atoms with Crippen molar-refractivity contribution in [3.8, 4) is 0 Å². The molecular formula is C22H22N4O3S. The number of azo groups is 1. The molecule has 3 rings (SSSR count). The minimum atomic E-state index is -3.63. The van der Waals surface area contributed by atoms with E-state index in [9.17, 15) is 13.2 Å². The van der Waals surface area contributed by atoms with E-state index in [2.05, 4.69) is 20.3 Å². The molecule has 1 amide bonds. The van der Waals surface area contributed by atoms with Gasteiger partial charge in [0.25, 0.3) is 0 Å². The minimum absolute atomic E-state index is 0.00537. The van der Waals surface area contributed by atoms with Crippen LogP contribution < -0.4 is 10.0 Å². The zero-order valence-corrected chi connectivity index (χ0v) is 17.3. The van der Waals surface area contributed by atoms with E-state index in [0.717, 1.165) is 11.3 Å². The second-order valence-corrected chi connectivity index (χ2v) is 8.36. The number of nitrogens with zero attached hydrogens (tertiary/aromatic N) is 2. The molecule has 0 fully saturated rings. The fourth-order valence-corrected chi connectivity index (χ4v) is 3.58. The zero-order chi connectivity index (χ0) is 21.4. The van der Waals surface area contributed by atoms with E-state index in [1.807, 2.05) is 37.3 Å². The zero-order valence-electron chi connectivity index (χ0n) is 16.4. The second kappa shape index (κ2) is 9.91. The number of sulfonamides is 1. The quantitative estimate of drug-likeness (QED) is 0.514. The largest absolute Gasteiger partial charge is 0.326 e. The van der Waals surface area contributed by atoms with Gasteiger partial charge in [0.1, 0.15) is 0 Å². The number of nitrogens with one attached hydrogen (secondary N) is 2. The lowest BCUT2D eigenvalue weighted by molar-refractivity contribution is -0.116. The van der Waals surface area contributed by atoms with Crippen molar-refractivity contribution in [3.63, 3.8) is 0 Å². The number of aryl methyl sites for hydroxylation is 1. The topological polar surface area (TPSA) is 100.0 Å². The highest BCUT2D eigenvalue weighted by molar-refractivity contribution is 7.89. The molecule has 30 heavy (non-hydrogen) atoms. The number of rotatable bonds is 8. The van der Waals surface area contributed by atoms with E-state index in [4.69, 9.17) is 0 Å². The Bertz CT molecular complexity index is 1110. The van der Waals surface area contributed by atoms with Crippen molar-refractivity contribution in [1.29, 1.82) is 0 Å². The first-order valence-corrected chi connectivity index (χ1v) is 10.8. The number of hydrogen-bond donors (Lipinski definition) is 2. The molecule has 2 N–H and O–H groups in total. The van der Waals surface area contributed by atoms with Gasteiger partial charge in [0.2, 0.25) is 15.9 Å². The van der Waals surface area contributed by atoms with Gasteiger partial charge in [0.05, 0.1) is 16.3 Å². The summed E-state index contributed by atoms with van der Waals surface area (Å²) in [6, 6.07) is 22.8. The van der Waals surface area contributed by atoms with E-state index < -0.39 is 10.0 Å². The van der Waals surface area contributed by atoms with Crippen molar-refractivity contribution in [1.82, 2.24) is 4.72 Å². The lowest BCUT2D eigenvalue weighted by Gasteiger charge is -2.08. The summed E-state index contributed by atoms with van der Waals surface area (Å²) in [6.07, 6.45) is 0.0144. The molecule has 0 unspecified atom stereocenters. The van der Waals surface area contributed by atoms with Gasteiger partial charge in [0, 0.05) is 18.7 Å². The first kappa shape index (κ1) is 21.4. The summed E-state index contributed by atoms with van der Waals surface area (Å²) in [5, 5.41) is 11.0. The normalized spacial score (nSPS) is 11.5. The number of hydrogen-bond acceptors (Lipinski definition) is 5. The molecule has 0 saturated carbocycles. The predicted molar refractivity (Wildman–Crippen MR) is 117 cm³/mol. The van der Waals surface area contributed by atoms with Crippen LogP contribution in [0.25, 0.3) is 0 Å². The third kappa shape index (κ3) is 6.33. The Morgan fingerprint density at radius 3 is 2.07 bits per heavy atom. The number of carbonyl (C=O) groups is 1. The van der Waals surface area contributed by atoms with Gasteiger partial charge in [-0.2, -0.15) is 10.2 Å². The molecule has 3 aromatic carbocycles. The standard InChI is InChI=1S/C22H22N4O3S/c1-17-7-13-21(14-8-17)30(28,29)23-16-15-22(27)24-18-9-11-20(12-10-18)26-25-19-5-3-2-4-6-19/h2-14,23H,15-16H2,1H3,(H,24,27). The molecule has 7 nitrogen and oxygen atoms in total. The van der Waals surface area contributed by atoms with Crippen molar-refractivity contribution in [2.45, 2.75) is 18.2 Å². The molecule has 0 bridgehead atoms. The maximum atomic E-state index is 12.2. The minimum Gasteiger partial charge on any atom is -0.326 e. The van der Waals surface area contributed by atoms with Crippen LogP contribution >= 0.6 is 0 Å². The van der Waals surface area contributed by atoms with Gasteiger partial charge in [-0.05, 0) is 55.5 Å². The van der Waals surface area contributed by atoms with Crippen LogP contribution in [0.3, 0.4) is 0 Å². The fourth-order valence-electron chi connectivity index (χ4n) is 2.54. The monoisotopic (exact) mass is 422 g/mol. The Morgan fingerprint density at radius 1 is 0.833 bits per heavy atom. The summed E-state index contributed by atoms with van der Waals surface area (Å²) in [5.41, 5.74) is 2.98. The Hall–Kier alpha value is -3.36. The molecule has 0 saturated heterocycles. The average Bonchev–Trinajstić information content (AvgIpc) is 2.74. The number of benzene rings is 3. The highest BCUT2D eigenvalue weighted by Crippen LogP contribution is 2.20. The van der Waals surface area contributed by atoms with Crippen LogP contribution in [0.15, 0.2) is 94.0 Å². The van der Waals surface area contributed by atoms with Crippen molar-refractivity contribution >= 4 is 33.0 Å². The Kier molecular flexibility index (Phi) is 7.05. The smallest absolute Gasteiger partial charge is 0.240 e. The van der Waals surface area contributed by atoms with Gasteiger partial charge in [-0.25, -0.2) is 13.1 Å². The summed E-state index contributed by atoms with van der Waals surface area (Å²) in [7, 11) is -3.63. The van der Waals surface area contributed by atoms with Crippen LogP contribution in [-0.2, 0) is 14.8 Å². The molecule has 0 aliphatic rings. The van der Waals surface area contributed by atoms with E-state index in [1.165, 1.54) is 12.1 Å². The highest BCUT2D eigenvalue weighted by atomic mass is 32.2. The van der Waals surface area contributed by atoms with Crippen LogP contribution in [0.4, 0.5) is 17.1 Å². The van der Waals surface area contributed by atoms with Gasteiger partial charge in [-0.15, -0.1) is 0 Å². The van der Waals surface area contributed by atoms with Crippen LogP contribution in [0.5, 0.6) is 0 Å². The van der Waals surface area contributed by atoms with Crippen molar-refractivity contribution in [2.24, 2.45) is 10.2 Å². The molecule has 0 aromatic heterocycles. The third-order valence-electron chi connectivity index (χ3n) is 4.16. The molecule has 0 atom stereocenters. The van der Waals surface area contributed by atoms with Crippen LogP contribution in [0, 0.1) is 6.92 Å². The van der Waals surface area contributed by atoms with Gasteiger partial charge < -0.3 is 5.32 Å². The van der Waals surface area contributed by atoms with Crippen molar-refractivity contribution < 1.29 is 13.2 Å². The average molecular weight is 423 g/mol. The molecule has 154 valence electrons. The summed E-state index contributed by atoms with van der Waals surface area (Å²) >= 11 is 0. The molecule has 0 aliphatic carbocycles. The summed E-state index contributed by atoms with van der Waals surface area (Å²) in [6.45, 7) is 1.89. The lowest BCUT2D eigenvalue weighted by Crippen LogP contribution is -2.27. The number of carbonyl (C=O) groups excluding carboxylic acids is 1. The molecule has 0 aliphatic heterocycles. The summed E-state index contributed by atoms with van der Waals surface area (Å²) < 4.78 is 26.9. The van der Waals surface area contributed by atoms with E-state index >= 15 is 0 Å². The van der Waals surface area contributed by atoms with E-state index in [0.29, 0.717) is 11.4 Å². The Labute approximate surface area is 175 Å². The molecular weight excluding hydrogens is 400 g/mol. The maximum Gasteiger partial charge on any atom is 0.240 e. The lowest BCUT2D eigenvalue weighted by atomic mass is 10.2. The third-order valence-corrected chi connectivity index (χ3v) is 5.64. The Balaban J connectivity index is 1.48. The van der Waals surface area contributed by atoms with Gasteiger partial charge in [-0.1, -0.05) is 35.9 Å². The SMILES string of the molecule is Cc1ccc(S(=O)(=O)NCCC(=O)Nc2ccc(N=Nc3ccccc3)cc2)cc1. The first-order chi connectivity index (χ1) is 14.4. The summed E-state index contributed by atoms with van der Waals surface area (Å²) in [5.74, 6) is -0.291. The fraction of sp³-hybridized carbons (Fsp3) is 0.136. The van der Waals surface area contributed by atoms with Crippen molar-refractivity contribution in [2.75, 3.05) is 11.9 Å². The molecule has 8 heteroatoms. The number of amides is 1. The second-order valence-electron chi connectivity index (χ2n) is 6.59. The Morgan fingerprint density at radius 2 is 1.43 bits per heavy atom. The summed E-state index contributed by atoms with van der Waals surface area (Å²) in [4.78, 5) is 12.3.